The average molecular weight is 573 g/mol. The van der Waals surface area contributed by atoms with Crippen molar-refractivity contribution in [1.29, 1.82) is 0 Å². The van der Waals surface area contributed by atoms with Crippen LogP contribution in [0.1, 0.15) is 29.3 Å². The number of fused-ring (bicyclic) bond motifs is 1. The quantitative estimate of drug-likeness (QED) is 0.403. The molecule has 38 heavy (non-hydrogen) atoms. The first-order valence-corrected chi connectivity index (χ1v) is 11.6. The lowest BCUT2D eigenvalue weighted by molar-refractivity contribution is 0.102. The summed E-state index contributed by atoms with van der Waals surface area (Å²) in [5, 5.41) is 2.61. The fourth-order valence-corrected chi connectivity index (χ4v) is 4.99. The van der Waals surface area contributed by atoms with Crippen LogP contribution in [0.15, 0.2) is 36.7 Å². The largest absolute Gasteiger partial charge is 0.490 e. The molecule has 2 aliphatic heterocycles. The second kappa shape index (κ2) is 11.8. The summed E-state index contributed by atoms with van der Waals surface area (Å²) in [6.07, 6.45) is 4.13. The number of halogens is 6. The molecular weight excluding hydrogens is 547 g/mol. The van der Waals surface area contributed by atoms with Gasteiger partial charge in [0.2, 0.25) is 0 Å². The van der Waals surface area contributed by atoms with Crippen LogP contribution in [0.5, 0.6) is 5.75 Å². The van der Waals surface area contributed by atoms with Crippen molar-refractivity contribution in [2.45, 2.75) is 25.8 Å². The van der Waals surface area contributed by atoms with Crippen molar-refractivity contribution in [1.82, 2.24) is 4.98 Å². The highest BCUT2D eigenvalue weighted by Crippen LogP contribution is 2.40. The number of amides is 1. The van der Waals surface area contributed by atoms with Gasteiger partial charge in [-0.05, 0) is 36.6 Å². The summed E-state index contributed by atoms with van der Waals surface area (Å²) in [5.74, 6) is -5.78. The molecule has 0 spiro atoms. The number of aromatic nitrogens is 1. The van der Waals surface area contributed by atoms with Crippen LogP contribution in [0.4, 0.5) is 28.9 Å². The highest BCUT2D eigenvalue weighted by molar-refractivity contribution is 6.06. The van der Waals surface area contributed by atoms with Gasteiger partial charge in [0.15, 0.2) is 11.6 Å². The first-order chi connectivity index (χ1) is 17.2. The van der Waals surface area contributed by atoms with Crippen LogP contribution in [0, 0.1) is 29.2 Å². The summed E-state index contributed by atoms with van der Waals surface area (Å²) in [4.78, 5) is 19.1. The Balaban J connectivity index is 0.00000200. The van der Waals surface area contributed by atoms with Crippen molar-refractivity contribution >= 4 is 42.1 Å². The molecule has 12 heteroatoms. The maximum Gasteiger partial charge on any atom is 0.258 e. The number of nitrogens with one attached hydrogen (secondary N) is 1. The molecule has 1 aromatic heterocycles. The highest BCUT2D eigenvalue weighted by Gasteiger charge is 2.30. The SMILES string of the molecule is C[C@@H]1C[C@H](N)CN(c2ccncc2NC(=O)c2ccc(F)c(-c3c(F)cc4c(c3F)OCC4)c2F)C1.Cl.Cl. The van der Waals surface area contributed by atoms with Gasteiger partial charge in [-0.3, -0.25) is 9.78 Å². The minimum Gasteiger partial charge on any atom is -0.490 e. The normalized spacial score (nSPS) is 18.1. The number of hydrogen-bond donors (Lipinski definition) is 2. The van der Waals surface area contributed by atoms with E-state index in [1.54, 1.807) is 12.3 Å². The third-order valence-electron chi connectivity index (χ3n) is 6.53. The van der Waals surface area contributed by atoms with E-state index in [4.69, 9.17) is 10.5 Å². The van der Waals surface area contributed by atoms with E-state index >= 15 is 8.78 Å². The predicted octanol–water partition coefficient (Wildman–Crippen LogP) is 5.51. The Morgan fingerprint density at radius 3 is 2.55 bits per heavy atom. The maximum absolute atomic E-state index is 15.5. The Hall–Kier alpha value is -3.08. The zero-order valence-corrected chi connectivity index (χ0v) is 21.9. The number of carbonyl (C=O) groups is 1. The fraction of sp³-hybridized carbons (Fsp3) is 0.308. The smallest absolute Gasteiger partial charge is 0.258 e. The van der Waals surface area contributed by atoms with Crippen LogP contribution in [0.2, 0.25) is 0 Å². The standard InChI is InChI=1S/C26H24F4N4O2.2ClH/c1-13-8-15(31)12-34(11-13)20-4-6-32-10-19(20)33-26(35)16-2-3-17(27)21(23(16)29)22-18(28)9-14-5-7-36-25(14)24(22)30;;/h2-4,6,9-10,13,15H,5,7-8,11-12,31H2,1H3,(H,33,35);2*1H/t13-,15+;;/m1../s1. The van der Waals surface area contributed by atoms with Crippen molar-refractivity contribution in [2.75, 3.05) is 29.9 Å². The number of piperidine rings is 1. The summed E-state index contributed by atoms with van der Waals surface area (Å²) in [5.41, 5.74) is 4.92. The van der Waals surface area contributed by atoms with Crippen LogP contribution < -0.4 is 20.7 Å². The summed E-state index contributed by atoms with van der Waals surface area (Å²) < 4.78 is 65.3. The van der Waals surface area contributed by atoms with Crippen LogP contribution in [-0.2, 0) is 6.42 Å². The van der Waals surface area contributed by atoms with E-state index in [-0.39, 0.29) is 55.2 Å². The van der Waals surface area contributed by atoms with Crippen LogP contribution >= 0.6 is 24.8 Å². The van der Waals surface area contributed by atoms with Gasteiger partial charge in [0.25, 0.3) is 5.91 Å². The number of rotatable bonds is 4. The molecule has 5 rings (SSSR count). The summed E-state index contributed by atoms with van der Waals surface area (Å²) in [6, 6.07) is 4.39. The van der Waals surface area contributed by atoms with Gasteiger partial charge in [-0.1, -0.05) is 6.92 Å². The second-order valence-corrected chi connectivity index (χ2v) is 9.27. The zero-order chi connectivity index (χ0) is 25.6. The van der Waals surface area contributed by atoms with Crippen molar-refractivity contribution in [2.24, 2.45) is 11.7 Å². The molecule has 3 heterocycles. The number of hydrogen-bond acceptors (Lipinski definition) is 5. The molecule has 1 amide bonds. The summed E-state index contributed by atoms with van der Waals surface area (Å²) in [6.45, 7) is 3.47. The molecule has 0 unspecified atom stereocenters. The molecule has 1 fully saturated rings. The molecular formula is C26H26Cl2F4N4O2. The number of anilines is 2. The molecule has 0 saturated carbocycles. The first-order valence-electron chi connectivity index (χ1n) is 11.6. The van der Waals surface area contributed by atoms with Crippen molar-refractivity contribution in [3.05, 3.63) is 71.1 Å². The van der Waals surface area contributed by atoms with Gasteiger partial charge in [-0.2, -0.15) is 0 Å². The minimum atomic E-state index is -1.39. The number of nitrogens with two attached hydrogens (primary N) is 1. The molecule has 3 aromatic rings. The van der Waals surface area contributed by atoms with Crippen molar-refractivity contribution < 1.29 is 27.1 Å². The number of benzene rings is 2. The van der Waals surface area contributed by atoms with Crippen LogP contribution in [0.3, 0.4) is 0 Å². The molecule has 204 valence electrons. The number of nitrogens with zero attached hydrogens (tertiary/aromatic N) is 2. The van der Waals surface area contributed by atoms with E-state index in [2.05, 4.69) is 17.2 Å². The summed E-state index contributed by atoms with van der Waals surface area (Å²) in [7, 11) is 0. The van der Waals surface area contributed by atoms with Gasteiger partial charge >= 0.3 is 0 Å². The lowest BCUT2D eigenvalue weighted by atomic mass is 9.96. The molecule has 0 radical (unpaired) electrons. The van der Waals surface area contributed by atoms with Gasteiger partial charge in [0.1, 0.15) is 17.5 Å². The van der Waals surface area contributed by atoms with E-state index in [9.17, 15) is 13.6 Å². The van der Waals surface area contributed by atoms with Crippen LogP contribution in [-0.4, -0.2) is 36.6 Å². The van der Waals surface area contributed by atoms with E-state index < -0.39 is 45.9 Å². The molecule has 6 nitrogen and oxygen atoms in total. The Morgan fingerprint density at radius 1 is 1.08 bits per heavy atom. The van der Waals surface area contributed by atoms with Gasteiger partial charge < -0.3 is 20.7 Å². The number of ether oxygens (including phenoxy) is 1. The monoisotopic (exact) mass is 572 g/mol. The van der Waals surface area contributed by atoms with Crippen molar-refractivity contribution in [3.63, 3.8) is 0 Å². The van der Waals surface area contributed by atoms with E-state index in [1.165, 1.54) is 6.20 Å². The predicted molar refractivity (Wildman–Crippen MR) is 142 cm³/mol. The third-order valence-corrected chi connectivity index (χ3v) is 6.53. The number of carbonyl (C=O) groups excluding carboxylic acids is 1. The van der Waals surface area contributed by atoms with Crippen LogP contribution in [0.25, 0.3) is 11.1 Å². The number of pyridine rings is 1. The van der Waals surface area contributed by atoms with E-state index in [0.717, 1.165) is 24.6 Å². The Kier molecular flexibility index (Phi) is 9.12. The highest BCUT2D eigenvalue weighted by atomic mass is 35.5. The van der Waals surface area contributed by atoms with Crippen molar-refractivity contribution in [3.8, 4) is 16.9 Å². The van der Waals surface area contributed by atoms with Gasteiger partial charge in [0.05, 0.1) is 40.9 Å². The maximum atomic E-state index is 15.5. The molecule has 1 saturated heterocycles. The fourth-order valence-electron chi connectivity index (χ4n) is 4.99. The Morgan fingerprint density at radius 2 is 1.82 bits per heavy atom. The lowest BCUT2D eigenvalue weighted by Crippen LogP contribution is -2.46. The van der Waals surface area contributed by atoms with E-state index in [0.29, 0.717) is 30.4 Å². The molecule has 0 aliphatic carbocycles. The van der Waals surface area contributed by atoms with Gasteiger partial charge in [-0.25, -0.2) is 17.6 Å². The topological polar surface area (TPSA) is 80.5 Å². The van der Waals surface area contributed by atoms with Gasteiger partial charge in [-0.15, -0.1) is 24.8 Å². The minimum absolute atomic E-state index is 0. The molecule has 0 bridgehead atoms. The molecule has 3 N–H and O–H groups in total. The van der Waals surface area contributed by atoms with E-state index in [1.807, 2.05) is 4.90 Å². The average Bonchev–Trinajstić information content (AvgIpc) is 3.29. The molecule has 2 atom stereocenters. The molecule has 2 aromatic carbocycles. The van der Waals surface area contributed by atoms with Gasteiger partial charge in [0, 0.05) is 37.3 Å². The second-order valence-electron chi connectivity index (χ2n) is 9.27. The Bertz CT molecular complexity index is 1350. The zero-order valence-electron chi connectivity index (χ0n) is 20.3. The summed E-state index contributed by atoms with van der Waals surface area (Å²) >= 11 is 0. The first kappa shape index (κ1) is 29.5. The third kappa shape index (κ3) is 5.39. The Labute approximate surface area is 229 Å². The molecule has 2 aliphatic rings. The lowest BCUT2D eigenvalue weighted by Gasteiger charge is -2.37.